The third kappa shape index (κ3) is 3.89. The number of benzene rings is 2. The number of hydrogen-bond donors (Lipinski definition) is 1. The van der Waals surface area contributed by atoms with Crippen molar-refractivity contribution in [1.29, 1.82) is 0 Å². The topological polar surface area (TPSA) is 72.2 Å². The van der Waals surface area contributed by atoms with Gasteiger partial charge in [-0.15, -0.1) is 0 Å². The zero-order valence-electron chi connectivity index (χ0n) is 11.1. The zero-order valence-corrected chi connectivity index (χ0v) is 11.9. The first kappa shape index (κ1) is 15.7. The van der Waals surface area contributed by atoms with Crippen LogP contribution < -0.4 is 5.32 Å². The summed E-state index contributed by atoms with van der Waals surface area (Å²) in [6.07, 6.45) is 2.53. The Morgan fingerprint density at radius 2 is 2.00 bits per heavy atom. The minimum absolute atomic E-state index is 0.0120. The first-order valence-electron chi connectivity index (χ1n) is 6.15. The molecule has 0 fully saturated rings. The predicted octanol–water partition coefficient (Wildman–Crippen LogP) is 4.04. The summed E-state index contributed by atoms with van der Waals surface area (Å²) < 4.78 is 13.4. The second kappa shape index (κ2) is 6.82. The van der Waals surface area contributed by atoms with E-state index in [1.165, 1.54) is 42.5 Å². The molecule has 0 aromatic heterocycles. The molecule has 0 aliphatic heterocycles. The van der Waals surface area contributed by atoms with Crippen LogP contribution in [0.4, 0.5) is 15.8 Å². The molecule has 0 aliphatic carbocycles. The fourth-order valence-corrected chi connectivity index (χ4v) is 1.87. The number of nitro groups is 1. The Balaban J connectivity index is 2.12. The van der Waals surface area contributed by atoms with Crippen molar-refractivity contribution in [2.45, 2.75) is 0 Å². The lowest BCUT2D eigenvalue weighted by Crippen LogP contribution is -2.09. The zero-order chi connectivity index (χ0) is 16.1. The van der Waals surface area contributed by atoms with E-state index >= 15 is 0 Å². The van der Waals surface area contributed by atoms with Crippen LogP contribution in [0.2, 0.25) is 5.02 Å². The number of carbonyl (C=O) groups is 1. The molecule has 0 spiro atoms. The largest absolute Gasteiger partial charge is 0.320 e. The molecule has 0 atom stereocenters. The van der Waals surface area contributed by atoms with Crippen molar-refractivity contribution in [2.75, 3.05) is 5.32 Å². The van der Waals surface area contributed by atoms with Gasteiger partial charge in [-0.3, -0.25) is 14.9 Å². The molecule has 2 aromatic rings. The van der Waals surface area contributed by atoms with Crippen molar-refractivity contribution in [3.8, 4) is 0 Å². The number of carbonyl (C=O) groups excluding carboxylic acids is 1. The van der Waals surface area contributed by atoms with Crippen molar-refractivity contribution in [3.63, 3.8) is 0 Å². The number of hydrogen-bond acceptors (Lipinski definition) is 3. The summed E-state index contributed by atoms with van der Waals surface area (Å²) in [5, 5.41) is 13.1. The molecule has 22 heavy (non-hydrogen) atoms. The molecule has 0 radical (unpaired) electrons. The van der Waals surface area contributed by atoms with E-state index in [0.29, 0.717) is 5.56 Å². The fraction of sp³-hybridized carbons (Fsp3) is 0. The predicted molar refractivity (Wildman–Crippen MR) is 82.2 cm³/mol. The van der Waals surface area contributed by atoms with Gasteiger partial charge in [0.05, 0.1) is 10.6 Å². The van der Waals surface area contributed by atoms with Crippen LogP contribution in [0.1, 0.15) is 5.56 Å². The smallest absolute Gasteiger partial charge is 0.288 e. The second-order valence-electron chi connectivity index (χ2n) is 4.27. The molecule has 0 aliphatic rings. The standard InChI is InChI=1S/C15H10ClFN2O3/c16-11-7-5-10(9-14(11)19(21)22)6-8-15(20)18-13-4-2-1-3-12(13)17/h1-9H,(H,18,20). The van der Waals surface area contributed by atoms with E-state index in [0.717, 1.165) is 6.08 Å². The fourth-order valence-electron chi connectivity index (χ4n) is 1.68. The third-order valence-electron chi connectivity index (χ3n) is 2.73. The molecule has 112 valence electrons. The van der Waals surface area contributed by atoms with E-state index in [1.54, 1.807) is 6.07 Å². The summed E-state index contributed by atoms with van der Waals surface area (Å²) in [4.78, 5) is 21.9. The quantitative estimate of drug-likeness (QED) is 0.525. The average Bonchev–Trinajstić information content (AvgIpc) is 2.48. The summed E-state index contributed by atoms with van der Waals surface area (Å²) in [6.45, 7) is 0. The number of rotatable bonds is 4. The Morgan fingerprint density at radius 3 is 2.68 bits per heavy atom. The van der Waals surface area contributed by atoms with Crippen LogP contribution in [0.3, 0.4) is 0 Å². The van der Waals surface area contributed by atoms with E-state index in [4.69, 9.17) is 11.6 Å². The third-order valence-corrected chi connectivity index (χ3v) is 3.05. The van der Waals surface area contributed by atoms with E-state index in [1.807, 2.05) is 0 Å². The van der Waals surface area contributed by atoms with Gasteiger partial charge in [-0.1, -0.05) is 29.8 Å². The molecule has 0 saturated heterocycles. The maximum absolute atomic E-state index is 13.4. The van der Waals surface area contributed by atoms with Crippen molar-refractivity contribution in [3.05, 3.63) is 75.1 Å². The summed E-state index contributed by atoms with van der Waals surface area (Å²) in [5.41, 5.74) is 0.234. The monoisotopic (exact) mass is 320 g/mol. The van der Waals surface area contributed by atoms with Gasteiger partial charge in [0.2, 0.25) is 5.91 Å². The minimum Gasteiger partial charge on any atom is -0.320 e. The van der Waals surface area contributed by atoms with Crippen LogP contribution >= 0.6 is 11.6 Å². The molecular formula is C15H10ClFN2O3. The normalized spacial score (nSPS) is 10.6. The maximum atomic E-state index is 13.4. The SMILES string of the molecule is O=C(C=Cc1ccc(Cl)c([N+](=O)[O-])c1)Nc1ccccc1F. The Labute approximate surface area is 130 Å². The summed E-state index contributed by atoms with van der Waals surface area (Å²) in [7, 11) is 0. The van der Waals surface area contributed by atoms with Gasteiger partial charge in [-0.25, -0.2) is 4.39 Å². The highest BCUT2D eigenvalue weighted by molar-refractivity contribution is 6.32. The van der Waals surface area contributed by atoms with Crippen LogP contribution in [0, 0.1) is 15.9 Å². The molecule has 1 amide bonds. The molecule has 2 aromatic carbocycles. The molecular weight excluding hydrogens is 311 g/mol. The van der Waals surface area contributed by atoms with E-state index in [9.17, 15) is 19.3 Å². The molecule has 0 saturated carbocycles. The highest BCUT2D eigenvalue weighted by Gasteiger charge is 2.11. The lowest BCUT2D eigenvalue weighted by atomic mass is 10.2. The molecule has 1 N–H and O–H groups in total. The van der Waals surface area contributed by atoms with Crippen molar-refractivity contribution >= 4 is 35.0 Å². The number of nitrogens with one attached hydrogen (secondary N) is 1. The Morgan fingerprint density at radius 1 is 1.27 bits per heavy atom. The van der Waals surface area contributed by atoms with Crippen LogP contribution in [0.25, 0.3) is 6.08 Å². The van der Waals surface area contributed by atoms with Crippen molar-refractivity contribution in [2.24, 2.45) is 0 Å². The van der Waals surface area contributed by atoms with Gasteiger partial charge >= 0.3 is 0 Å². The summed E-state index contributed by atoms with van der Waals surface area (Å²) >= 11 is 5.69. The number of nitro benzene ring substituents is 1. The number of para-hydroxylation sites is 1. The van der Waals surface area contributed by atoms with Gasteiger partial charge in [-0.2, -0.15) is 0 Å². The Bertz CT molecular complexity index is 762. The lowest BCUT2D eigenvalue weighted by molar-refractivity contribution is -0.384. The second-order valence-corrected chi connectivity index (χ2v) is 4.68. The molecule has 0 heterocycles. The molecule has 7 heteroatoms. The number of nitrogens with zero attached hydrogens (tertiary/aromatic N) is 1. The van der Waals surface area contributed by atoms with E-state index in [2.05, 4.69) is 5.32 Å². The first-order chi connectivity index (χ1) is 10.5. The summed E-state index contributed by atoms with van der Waals surface area (Å²) in [5.74, 6) is -1.10. The van der Waals surface area contributed by atoms with Gasteiger partial charge in [0.15, 0.2) is 0 Å². The number of halogens is 2. The first-order valence-corrected chi connectivity index (χ1v) is 6.52. The average molecular weight is 321 g/mol. The van der Waals surface area contributed by atoms with Gasteiger partial charge in [-0.05, 0) is 29.8 Å². The van der Waals surface area contributed by atoms with E-state index in [-0.39, 0.29) is 16.4 Å². The van der Waals surface area contributed by atoms with Gasteiger partial charge in [0.25, 0.3) is 5.69 Å². The Kier molecular flexibility index (Phi) is 4.85. The highest BCUT2D eigenvalue weighted by atomic mass is 35.5. The van der Waals surface area contributed by atoms with Crippen molar-refractivity contribution < 1.29 is 14.1 Å². The lowest BCUT2D eigenvalue weighted by Gasteiger charge is -2.02. The Hall–Kier alpha value is -2.73. The minimum atomic E-state index is -0.612. The molecule has 0 bridgehead atoms. The highest BCUT2D eigenvalue weighted by Crippen LogP contribution is 2.25. The summed E-state index contributed by atoms with van der Waals surface area (Å²) in [6, 6.07) is 9.89. The van der Waals surface area contributed by atoms with E-state index < -0.39 is 16.6 Å². The molecule has 5 nitrogen and oxygen atoms in total. The number of amides is 1. The van der Waals surface area contributed by atoms with Crippen LogP contribution in [-0.2, 0) is 4.79 Å². The maximum Gasteiger partial charge on any atom is 0.288 e. The molecule has 0 unspecified atom stereocenters. The van der Waals surface area contributed by atoms with Crippen molar-refractivity contribution in [1.82, 2.24) is 0 Å². The number of anilines is 1. The van der Waals surface area contributed by atoms with Gasteiger partial charge < -0.3 is 5.32 Å². The van der Waals surface area contributed by atoms with Gasteiger partial charge in [0.1, 0.15) is 10.8 Å². The van der Waals surface area contributed by atoms with Gasteiger partial charge in [0, 0.05) is 12.1 Å². The molecule has 2 rings (SSSR count). The van der Waals surface area contributed by atoms with Crippen LogP contribution in [0.15, 0.2) is 48.5 Å². The van der Waals surface area contributed by atoms with Crippen LogP contribution in [-0.4, -0.2) is 10.8 Å². The van der Waals surface area contributed by atoms with Crippen LogP contribution in [0.5, 0.6) is 0 Å².